The minimum atomic E-state index is -0.644. The van der Waals surface area contributed by atoms with Crippen molar-refractivity contribution in [2.24, 2.45) is 0 Å². The Balaban J connectivity index is 1.36. The lowest BCUT2D eigenvalue weighted by atomic mass is 10.0. The Kier molecular flexibility index (Phi) is 7.49. The first kappa shape index (κ1) is 23.8. The molecule has 0 saturated carbocycles. The SMILES string of the molecule is COC(=O)C(c1ccccc1Cl)N1CCN(C(=O)c2ccc(COc3ccc(F)cc3)o2)CC1. The average Bonchev–Trinajstić information content (AvgIpc) is 3.34. The molecule has 3 aromatic rings. The number of halogens is 2. The van der Waals surface area contributed by atoms with E-state index in [1.807, 2.05) is 11.0 Å². The molecule has 9 heteroatoms. The number of benzene rings is 2. The van der Waals surface area contributed by atoms with Gasteiger partial charge in [-0.3, -0.25) is 9.69 Å². The zero-order chi connectivity index (χ0) is 24.1. The average molecular weight is 487 g/mol. The largest absolute Gasteiger partial charge is 0.486 e. The Bertz CT molecular complexity index is 1140. The summed E-state index contributed by atoms with van der Waals surface area (Å²) in [5.74, 6) is 0.214. The quantitative estimate of drug-likeness (QED) is 0.463. The lowest BCUT2D eigenvalue weighted by molar-refractivity contribution is -0.148. The van der Waals surface area contributed by atoms with Crippen LogP contribution in [0.15, 0.2) is 65.1 Å². The van der Waals surface area contributed by atoms with Crippen molar-refractivity contribution in [3.8, 4) is 5.75 Å². The van der Waals surface area contributed by atoms with Crippen LogP contribution in [0, 0.1) is 5.82 Å². The van der Waals surface area contributed by atoms with E-state index in [4.69, 9.17) is 25.5 Å². The number of piperazine rings is 1. The molecular formula is C25H24ClFN2O5. The Hall–Kier alpha value is -3.36. The Morgan fingerprint density at radius 2 is 1.74 bits per heavy atom. The molecular weight excluding hydrogens is 463 g/mol. The highest BCUT2D eigenvalue weighted by Crippen LogP contribution is 2.29. The molecule has 0 radical (unpaired) electrons. The second-order valence-electron chi connectivity index (χ2n) is 7.78. The fraction of sp³-hybridized carbons (Fsp3) is 0.280. The number of hydrogen-bond acceptors (Lipinski definition) is 6. The molecule has 7 nitrogen and oxygen atoms in total. The zero-order valence-corrected chi connectivity index (χ0v) is 19.3. The van der Waals surface area contributed by atoms with Gasteiger partial charge in [0, 0.05) is 31.2 Å². The van der Waals surface area contributed by atoms with Gasteiger partial charge in [-0.25, -0.2) is 9.18 Å². The van der Waals surface area contributed by atoms with Gasteiger partial charge in [-0.05, 0) is 48.0 Å². The van der Waals surface area contributed by atoms with Gasteiger partial charge >= 0.3 is 5.97 Å². The summed E-state index contributed by atoms with van der Waals surface area (Å²) < 4.78 is 29.2. The van der Waals surface area contributed by atoms with E-state index in [9.17, 15) is 14.0 Å². The van der Waals surface area contributed by atoms with Crippen molar-refractivity contribution < 1.29 is 27.9 Å². The molecule has 1 aliphatic heterocycles. The number of amides is 1. The third kappa shape index (κ3) is 5.40. The molecule has 1 amide bonds. The van der Waals surface area contributed by atoms with Gasteiger partial charge in [-0.1, -0.05) is 29.8 Å². The number of esters is 1. The van der Waals surface area contributed by atoms with E-state index in [0.717, 1.165) is 0 Å². The summed E-state index contributed by atoms with van der Waals surface area (Å²) in [5, 5.41) is 0.488. The van der Waals surface area contributed by atoms with E-state index < -0.39 is 12.0 Å². The number of carbonyl (C=O) groups is 2. The number of furan rings is 1. The van der Waals surface area contributed by atoms with E-state index in [-0.39, 0.29) is 24.1 Å². The summed E-state index contributed by atoms with van der Waals surface area (Å²) in [6.45, 7) is 1.89. The van der Waals surface area contributed by atoms with Crippen molar-refractivity contribution in [1.29, 1.82) is 0 Å². The number of carbonyl (C=O) groups excluding carboxylic acids is 2. The highest BCUT2D eigenvalue weighted by Gasteiger charge is 2.34. The van der Waals surface area contributed by atoms with Crippen molar-refractivity contribution >= 4 is 23.5 Å². The highest BCUT2D eigenvalue weighted by molar-refractivity contribution is 6.31. The fourth-order valence-corrected chi connectivity index (χ4v) is 4.12. The first-order valence-corrected chi connectivity index (χ1v) is 11.2. The third-order valence-corrected chi connectivity index (χ3v) is 6.00. The van der Waals surface area contributed by atoms with Gasteiger partial charge in [0.05, 0.1) is 7.11 Å². The predicted molar refractivity (Wildman–Crippen MR) is 123 cm³/mol. The molecule has 1 fully saturated rings. The van der Waals surface area contributed by atoms with Crippen LogP contribution in [0.2, 0.25) is 5.02 Å². The minimum Gasteiger partial charge on any atom is -0.486 e. The van der Waals surface area contributed by atoms with Crippen LogP contribution in [-0.4, -0.2) is 55.0 Å². The van der Waals surface area contributed by atoms with Gasteiger partial charge in [-0.2, -0.15) is 0 Å². The van der Waals surface area contributed by atoms with Crippen LogP contribution in [0.1, 0.15) is 27.9 Å². The summed E-state index contributed by atoms with van der Waals surface area (Å²) in [6.07, 6.45) is 0. The van der Waals surface area contributed by atoms with Gasteiger partial charge in [0.15, 0.2) is 5.76 Å². The first-order valence-electron chi connectivity index (χ1n) is 10.8. The molecule has 1 saturated heterocycles. The Labute approximate surface area is 201 Å². The molecule has 2 heterocycles. The minimum absolute atomic E-state index is 0.116. The van der Waals surface area contributed by atoms with Gasteiger partial charge in [-0.15, -0.1) is 0 Å². The van der Waals surface area contributed by atoms with Crippen LogP contribution in [0.5, 0.6) is 5.75 Å². The highest BCUT2D eigenvalue weighted by atomic mass is 35.5. The fourth-order valence-electron chi connectivity index (χ4n) is 3.88. The molecule has 2 aromatic carbocycles. The molecule has 0 spiro atoms. The molecule has 34 heavy (non-hydrogen) atoms. The number of ether oxygens (including phenoxy) is 2. The Morgan fingerprint density at radius 3 is 2.41 bits per heavy atom. The summed E-state index contributed by atoms with van der Waals surface area (Å²) in [6, 6.07) is 15.5. The van der Waals surface area contributed by atoms with Crippen molar-refractivity contribution in [2.75, 3.05) is 33.3 Å². The maximum absolute atomic E-state index is 13.0. The molecule has 1 unspecified atom stereocenters. The maximum atomic E-state index is 13.0. The van der Waals surface area contributed by atoms with E-state index in [0.29, 0.717) is 48.3 Å². The summed E-state index contributed by atoms with van der Waals surface area (Å²) in [7, 11) is 1.35. The van der Waals surface area contributed by atoms with Crippen LogP contribution in [-0.2, 0) is 16.1 Å². The van der Waals surface area contributed by atoms with Crippen molar-refractivity contribution in [3.63, 3.8) is 0 Å². The standard InChI is InChI=1S/C25H24ClFN2O5/c1-32-25(31)23(20-4-2-3-5-21(20)26)28-12-14-29(15-13-28)24(30)22-11-10-19(34-22)16-33-18-8-6-17(27)7-9-18/h2-11,23H,12-16H2,1H3. The van der Waals surface area contributed by atoms with Crippen LogP contribution >= 0.6 is 11.6 Å². The van der Waals surface area contributed by atoms with E-state index in [1.165, 1.54) is 31.4 Å². The molecule has 4 rings (SSSR count). The maximum Gasteiger partial charge on any atom is 0.327 e. The number of hydrogen-bond donors (Lipinski definition) is 0. The predicted octanol–water partition coefficient (Wildman–Crippen LogP) is 4.32. The van der Waals surface area contributed by atoms with Gasteiger partial charge < -0.3 is 18.8 Å². The van der Waals surface area contributed by atoms with E-state index >= 15 is 0 Å². The van der Waals surface area contributed by atoms with Gasteiger partial charge in [0.25, 0.3) is 5.91 Å². The third-order valence-electron chi connectivity index (χ3n) is 5.66. The monoisotopic (exact) mass is 486 g/mol. The molecule has 0 N–H and O–H groups in total. The topological polar surface area (TPSA) is 72.2 Å². The molecule has 0 aliphatic carbocycles. The number of nitrogens with zero attached hydrogens (tertiary/aromatic N) is 2. The second kappa shape index (κ2) is 10.7. The molecule has 178 valence electrons. The van der Waals surface area contributed by atoms with E-state index in [1.54, 1.807) is 35.2 Å². The number of methoxy groups -OCH3 is 1. The van der Waals surface area contributed by atoms with Crippen LogP contribution in [0.4, 0.5) is 4.39 Å². The lowest BCUT2D eigenvalue weighted by Crippen LogP contribution is -2.51. The molecule has 1 aromatic heterocycles. The normalized spacial score (nSPS) is 15.1. The lowest BCUT2D eigenvalue weighted by Gasteiger charge is -2.38. The first-order chi connectivity index (χ1) is 16.5. The van der Waals surface area contributed by atoms with Crippen LogP contribution < -0.4 is 4.74 Å². The van der Waals surface area contributed by atoms with Crippen molar-refractivity contribution in [3.05, 3.63) is 88.6 Å². The van der Waals surface area contributed by atoms with Crippen molar-refractivity contribution in [2.45, 2.75) is 12.6 Å². The number of rotatable bonds is 7. The molecule has 1 aliphatic rings. The summed E-state index contributed by atoms with van der Waals surface area (Å²) in [5.41, 5.74) is 0.674. The van der Waals surface area contributed by atoms with Crippen LogP contribution in [0.3, 0.4) is 0 Å². The van der Waals surface area contributed by atoms with Gasteiger partial charge in [0.1, 0.15) is 30.0 Å². The second-order valence-corrected chi connectivity index (χ2v) is 8.19. The van der Waals surface area contributed by atoms with Crippen molar-refractivity contribution in [1.82, 2.24) is 9.80 Å². The molecule has 0 bridgehead atoms. The van der Waals surface area contributed by atoms with Gasteiger partial charge in [0.2, 0.25) is 0 Å². The Morgan fingerprint density at radius 1 is 1.03 bits per heavy atom. The zero-order valence-electron chi connectivity index (χ0n) is 18.6. The molecule has 1 atom stereocenters. The summed E-state index contributed by atoms with van der Waals surface area (Å²) >= 11 is 6.33. The summed E-state index contributed by atoms with van der Waals surface area (Å²) in [4.78, 5) is 29.1. The van der Waals surface area contributed by atoms with E-state index in [2.05, 4.69) is 0 Å². The smallest absolute Gasteiger partial charge is 0.327 e. The van der Waals surface area contributed by atoms with Crippen LogP contribution in [0.25, 0.3) is 0 Å².